The van der Waals surface area contributed by atoms with Gasteiger partial charge in [-0.3, -0.25) is 0 Å². The first-order valence-corrected chi connectivity index (χ1v) is 3.67. The Balaban J connectivity index is 3.60. The topological polar surface area (TPSA) is 3.24 Å². The highest BCUT2D eigenvalue weighted by Gasteiger charge is 2.01. The van der Waals surface area contributed by atoms with E-state index in [2.05, 4.69) is 6.92 Å². The van der Waals surface area contributed by atoms with Crippen LogP contribution >= 0.6 is 0 Å². The molecule has 0 aliphatic carbocycles. The summed E-state index contributed by atoms with van der Waals surface area (Å²) in [5, 5.41) is 0. The fraction of sp³-hybridized carbons (Fsp3) is 0.750. The molecule has 0 bridgehead atoms. The quantitative estimate of drug-likeness (QED) is 0.586. The smallest absolute Gasteiger partial charge is 0.109 e. The van der Waals surface area contributed by atoms with Crippen LogP contribution < -0.4 is 0 Å². The molecule has 0 fully saturated rings. The number of halogens is 1. The Bertz CT molecular complexity index is 101. The van der Waals surface area contributed by atoms with Gasteiger partial charge in [0, 0.05) is 7.05 Å². The second-order valence-electron chi connectivity index (χ2n) is 2.46. The van der Waals surface area contributed by atoms with Gasteiger partial charge in [-0.25, -0.2) is 4.39 Å². The van der Waals surface area contributed by atoms with Crippen molar-refractivity contribution in [3.05, 3.63) is 12.3 Å². The molecule has 0 unspecified atom stereocenters. The molecule has 0 aromatic rings. The van der Waals surface area contributed by atoms with Gasteiger partial charge in [0.2, 0.25) is 0 Å². The summed E-state index contributed by atoms with van der Waals surface area (Å²) in [4.78, 5) is 1.88. The van der Waals surface area contributed by atoms with Gasteiger partial charge >= 0.3 is 0 Å². The fourth-order valence-corrected chi connectivity index (χ4v) is 0.527. The zero-order chi connectivity index (χ0) is 7.98. The van der Waals surface area contributed by atoms with Crippen LogP contribution in [-0.2, 0) is 0 Å². The average molecular weight is 145 g/mol. The summed E-state index contributed by atoms with van der Waals surface area (Å²) >= 11 is 0. The minimum atomic E-state index is -0.287. The summed E-state index contributed by atoms with van der Waals surface area (Å²) < 4.78 is 12.0. The van der Waals surface area contributed by atoms with Gasteiger partial charge in [0.1, 0.15) is 6.67 Å². The molecule has 1 atom stereocenters. The zero-order valence-electron chi connectivity index (χ0n) is 6.97. The van der Waals surface area contributed by atoms with Gasteiger partial charge < -0.3 is 4.90 Å². The van der Waals surface area contributed by atoms with Crippen LogP contribution in [0, 0.1) is 0 Å². The van der Waals surface area contributed by atoms with Crippen molar-refractivity contribution in [3.8, 4) is 0 Å². The standard InChI is InChI=1S/C8H16FN/c1-4-5-6-10(3)8(2)7-9/h5-6,8H,4,7H2,1-3H3/b6-5+/t8-/m1/s1. The lowest BCUT2D eigenvalue weighted by molar-refractivity contribution is 0.281. The van der Waals surface area contributed by atoms with E-state index < -0.39 is 0 Å². The van der Waals surface area contributed by atoms with Gasteiger partial charge in [0.25, 0.3) is 0 Å². The third kappa shape index (κ3) is 3.49. The van der Waals surface area contributed by atoms with Gasteiger partial charge in [-0.05, 0) is 19.5 Å². The van der Waals surface area contributed by atoms with Crippen LogP contribution in [0.3, 0.4) is 0 Å². The fourth-order valence-electron chi connectivity index (χ4n) is 0.527. The lowest BCUT2D eigenvalue weighted by Crippen LogP contribution is -2.25. The van der Waals surface area contributed by atoms with Crippen molar-refractivity contribution in [3.63, 3.8) is 0 Å². The van der Waals surface area contributed by atoms with Gasteiger partial charge in [-0.1, -0.05) is 13.0 Å². The van der Waals surface area contributed by atoms with Gasteiger partial charge in [-0.15, -0.1) is 0 Å². The second kappa shape index (κ2) is 5.27. The Kier molecular flexibility index (Phi) is 4.99. The summed E-state index contributed by atoms with van der Waals surface area (Å²) in [7, 11) is 1.89. The minimum absolute atomic E-state index is 0.00259. The molecule has 0 rings (SSSR count). The molecule has 0 amide bonds. The largest absolute Gasteiger partial charge is 0.375 e. The van der Waals surface area contributed by atoms with Crippen LogP contribution in [0.4, 0.5) is 4.39 Å². The first kappa shape index (κ1) is 9.47. The number of hydrogen-bond donors (Lipinski definition) is 0. The highest BCUT2D eigenvalue weighted by molar-refractivity contribution is 4.81. The predicted octanol–water partition coefficient (Wildman–Crippen LogP) is 2.20. The van der Waals surface area contributed by atoms with Crippen LogP contribution in [0.5, 0.6) is 0 Å². The van der Waals surface area contributed by atoms with Gasteiger partial charge in [0.15, 0.2) is 0 Å². The molecule has 0 radical (unpaired) electrons. The van der Waals surface area contributed by atoms with Gasteiger partial charge in [-0.2, -0.15) is 0 Å². The SMILES string of the molecule is CC/C=C/N(C)[C@H](C)CF. The Hall–Kier alpha value is -0.530. The Morgan fingerprint density at radius 3 is 2.60 bits per heavy atom. The van der Waals surface area contributed by atoms with Crippen LogP contribution in [0.25, 0.3) is 0 Å². The van der Waals surface area contributed by atoms with Crippen LogP contribution in [0.2, 0.25) is 0 Å². The van der Waals surface area contributed by atoms with Crippen molar-refractivity contribution in [2.75, 3.05) is 13.7 Å². The molecule has 10 heavy (non-hydrogen) atoms. The van der Waals surface area contributed by atoms with E-state index in [4.69, 9.17) is 0 Å². The van der Waals surface area contributed by atoms with Crippen LogP contribution in [-0.4, -0.2) is 24.7 Å². The highest BCUT2D eigenvalue weighted by Crippen LogP contribution is 1.96. The van der Waals surface area contributed by atoms with E-state index in [-0.39, 0.29) is 12.7 Å². The first-order chi connectivity index (χ1) is 4.72. The van der Waals surface area contributed by atoms with Gasteiger partial charge in [0.05, 0.1) is 6.04 Å². The van der Waals surface area contributed by atoms with Crippen molar-refractivity contribution in [2.24, 2.45) is 0 Å². The maximum Gasteiger partial charge on any atom is 0.109 e. The van der Waals surface area contributed by atoms with Crippen molar-refractivity contribution >= 4 is 0 Å². The van der Waals surface area contributed by atoms with Crippen LogP contribution in [0.15, 0.2) is 12.3 Å². The van der Waals surface area contributed by atoms with E-state index in [1.165, 1.54) is 0 Å². The molecule has 60 valence electrons. The normalized spacial score (nSPS) is 14.0. The number of nitrogens with zero attached hydrogens (tertiary/aromatic N) is 1. The predicted molar refractivity (Wildman–Crippen MR) is 42.6 cm³/mol. The summed E-state index contributed by atoms with van der Waals surface area (Å²) in [5.74, 6) is 0. The van der Waals surface area contributed by atoms with Crippen molar-refractivity contribution < 1.29 is 4.39 Å². The van der Waals surface area contributed by atoms with E-state index in [1.807, 2.05) is 31.1 Å². The third-order valence-corrected chi connectivity index (χ3v) is 1.49. The van der Waals surface area contributed by atoms with E-state index >= 15 is 0 Å². The molecule has 0 aliphatic rings. The molecule has 0 spiro atoms. The average Bonchev–Trinajstić information content (AvgIpc) is 1.98. The van der Waals surface area contributed by atoms with Crippen molar-refractivity contribution in [1.82, 2.24) is 4.90 Å². The number of allylic oxidation sites excluding steroid dienone is 1. The van der Waals surface area contributed by atoms with E-state index in [1.54, 1.807) is 0 Å². The minimum Gasteiger partial charge on any atom is -0.375 e. The maximum absolute atomic E-state index is 12.0. The molecule has 0 saturated heterocycles. The number of hydrogen-bond acceptors (Lipinski definition) is 1. The summed E-state index contributed by atoms with van der Waals surface area (Å²) in [6, 6.07) is 0.00259. The van der Waals surface area contributed by atoms with E-state index in [0.29, 0.717) is 0 Å². The lowest BCUT2D eigenvalue weighted by atomic mass is 10.3. The molecular weight excluding hydrogens is 129 g/mol. The van der Waals surface area contributed by atoms with E-state index in [0.717, 1.165) is 6.42 Å². The van der Waals surface area contributed by atoms with Crippen molar-refractivity contribution in [1.29, 1.82) is 0 Å². The highest BCUT2D eigenvalue weighted by atomic mass is 19.1. The Morgan fingerprint density at radius 2 is 2.20 bits per heavy atom. The number of alkyl halides is 1. The first-order valence-electron chi connectivity index (χ1n) is 3.67. The molecule has 0 saturated carbocycles. The lowest BCUT2D eigenvalue weighted by Gasteiger charge is -2.19. The molecule has 2 heteroatoms. The molecular formula is C8H16FN. The summed E-state index contributed by atoms with van der Waals surface area (Å²) in [6.45, 7) is 3.63. The van der Waals surface area contributed by atoms with Crippen molar-refractivity contribution in [2.45, 2.75) is 26.3 Å². The number of rotatable bonds is 4. The second-order valence-corrected chi connectivity index (χ2v) is 2.46. The summed E-state index contributed by atoms with van der Waals surface area (Å²) in [5.41, 5.74) is 0. The molecule has 0 N–H and O–H groups in total. The molecule has 0 heterocycles. The Labute approximate surface area is 62.5 Å². The molecule has 0 aromatic heterocycles. The zero-order valence-corrected chi connectivity index (χ0v) is 6.97. The monoisotopic (exact) mass is 145 g/mol. The van der Waals surface area contributed by atoms with E-state index in [9.17, 15) is 4.39 Å². The molecule has 1 nitrogen and oxygen atoms in total. The molecule has 0 aliphatic heterocycles. The Morgan fingerprint density at radius 1 is 1.60 bits per heavy atom. The third-order valence-electron chi connectivity index (χ3n) is 1.49. The maximum atomic E-state index is 12.0. The summed E-state index contributed by atoms with van der Waals surface area (Å²) in [6.07, 6.45) is 4.94. The molecule has 0 aromatic carbocycles. The van der Waals surface area contributed by atoms with Crippen LogP contribution in [0.1, 0.15) is 20.3 Å².